The summed E-state index contributed by atoms with van der Waals surface area (Å²) in [5.41, 5.74) is 0.344. The minimum Gasteiger partial charge on any atom is -0.507 e. The number of fused-ring (bicyclic) bond motifs is 2. The molecule has 1 atom stereocenters. The van der Waals surface area contributed by atoms with Crippen LogP contribution in [0.15, 0.2) is 22.6 Å². The standard InChI is InChI=1S/C15H12O5/c1-6(16)15-12-10(7(2)20-15)14(19)11-8(13(12)18)4-3-5-9(11)17/h3-6,16-17H,1-2H3/t6-/m0/s1. The van der Waals surface area contributed by atoms with Crippen molar-refractivity contribution in [2.75, 3.05) is 0 Å². The van der Waals surface area contributed by atoms with E-state index >= 15 is 0 Å². The molecule has 1 heterocycles. The lowest BCUT2D eigenvalue weighted by Gasteiger charge is -2.16. The van der Waals surface area contributed by atoms with Crippen LogP contribution in [0.4, 0.5) is 0 Å². The zero-order chi connectivity index (χ0) is 14.6. The van der Waals surface area contributed by atoms with E-state index in [1.54, 1.807) is 6.92 Å². The van der Waals surface area contributed by atoms with Crippen molar-refractivity contribution < 1.29 is 24.2 Å². The monoisotopic (exact) mass is 272 g/mol. The lowest BCUT2D eigenvalue weighted by Crippen LogP contribution is -2.21. The number of carbonyl (C=O) groups excluding carboxylic acids is 2. The second-order valence-electron chi connectivity index (χ2n) is 4.81. The molecule has 0 unspecified atom stereocenters. The smallest absolute Gasteiger partial charge is 0.201 e. The molecule has 102 valence electrons. The Morgan fingerprint density at radius 3 is 2.45 bits per heavy atom. The number of aliphatic hydroxyl groups excluding tert-OH is 1. The Hall–Kier alpha value is -2.40. The highest BCUT2D eigenvalue weighted by Crippen LogP contribution is 2.38. The molecule has 2 aromatic rings. The Balaban J connectivity index is 2.37. The number of phenolic OH excluding ortho intramolecular Hbond substituents is 1. The van der Waals surface area contributed by atoms with Crippen molar-refractivity contribution in [3.05, 3.63) is 52.0 Å². The summed E-state index contributed by atoms with van der Waals surface area (Å²) in [7, 11) is 0. The fraction of sp³-hybridized carbons (Fsp3) is 0.200. The van der Waals surface area contributed by atoms with E-state index in [2.05, 4.69) is 0 Å². The molecule has 20 heavy (non-hydrogen) atoms. The van der Waals surface area contributed by atoms with Gasteiger partial charge in [-0.05, 0) is 19.9 Å². The molecule has 0 radical (unpaired) electrons. The highest BCUT2D eigenvalue weighted by atomic mass is 16.4. The van der Waals surface area contributed by atoms with Crippen LogP contribution in [0.25, 0.3) is 0 Å². The van der Waals surface area contributed by atoms with E-state index in [0.717, 1.165) is 0 Å². The van der Waals surface area contributed by atoms with Crippen LogP contribution < -0.4 is 0 Å². The van der Waals surface area contributed by atoms with Gasteiger partial charge in [-0.2, -0.15) is 0 Å². The quantitative estimate of drug-likeness (QED) is 0.708. The van der Waals surface area contributed by atoms with E-state index in [1.165, 1.54) is 25.1 Å². The lowest BCUT2D eigenvalue weighted by molar-refractivity contribution is 0.0972. The van der Waals surface area contributed by atoms with Crippen LogP contribution in [0.1, 0.15) is 56.4 Å². The zero-order valence-corrected chi connectivity index (χ0v) is 10.9. The first-order chi connectivity index (χ1) is 9.43. The van der Waals surface area contributed by atoms with Gasteiger partial charge in [0.15, 0.2) is 5.78 Å². The van der Waals surface area contributed by atoms with Gasteiger partial charge < -0.3 is 14.6 Å². The average Bonchev–Trinajstić information content (AvgIpc) is 2.74. The van der Waals surface area contributed by atoms with Gasteiger partial charge in [0.2, 0.25) is 5.78 Å². The van der Waals surface area contributed by atoms with Gasteiger partial charge in [-0.1, -0.05) is 12.1 Å². The normalized spacial score (nSPS) is 14.9. The van der Waals surface area contributed by atoms with Gasteiger partial charge in [-0.3, -0.25) is 9.59 Å². The van der Waals surface area contributed by atoms with Crippen molar-refractivity contribution in [3.63, 3.8) is 0 Å². The highest BCUT2D eigenvalue weighted by molar-refractivity contribution is 6.30. The topological polar surface area (TPSA) is 87.7 Å². The number of hydrogen-bond acceptors (Lipinski definition) is 5. The van der Waals surface area contributed by atoms with Gasteiger partial charge in [0.05, 0.1) is 16.7 Å². The second kappa shape index (κ2) is 4.05. The molecular formula is C15H12O5. The van der Waals surface area contributed by atoms with Gasteiger partial charge in [0.1, 0.15) is 23.4 Å². The van der Waals surface area contributed by atoms with Gasteiger partial charge in [-0.25, -0.2) is 0 Å². The maximum Gasteiger partial charge on any atom is 0.201 e. The van der Waals surface area contributed by atoms with Crippen LogP contribution in [0.5, 0.6) is 5.75 Å². The van der Waals surface area contributed by atoms with Crippen LogP contribution in [0.2, 0.25) is 0 Å². The maximum absolute atomic E-state index is 12.5. The molecule has 3 rings (SSSR count). The lowest BCUT2D eigenvalue weighted by atomic mass is 9.83. The Kier molecular flexibility index (Phi) is 2.55. The summed E-state index contributed by atoms with van der Waals surface area (Å²) < 4.78 is 5.37. The third-order valence-corrected chi connectivity index (χ3v) is 3.46. The number of aromatic hydroxyl groups is 1. The molecule has 2 N–H and O–H groups in total. The van der Waals surface area contributed by atoms with Gasteiger partial charge in [-0.15, -0.1) is 0 Å². The van der Waals surface area contributed by atoms with Gasteiger partial charge in [0, 0.05) is 5.56 Å². The zero-order valence-electron chi connectivity index (χ0n) is 10.9. The molecule has 1 aromatic heterocycles. The summed E-state index contributed by atoms with van der Waals surface area (Å²) in [5.74, 6) is -0.752. The summed E-state index contributed by atoms with van der Waals surface area (Å²) in [5, 5.41) is 19.5. The number of furan rings is 1. The third-order valence-electron chi connectivity index (χ3n) is 3.46. The Morgan fingerprint density at radius 1 is 1.10 bits per heavy atom. The SMILES string of the molecule is Cc1oc([C@H](C)O)c2c1C(=O)c1c(O)cccc1C2=O. The fourth-order valence-corrected chi connectivity index (χ4v) is 2.59. The van der Waals surface area contributed by atoms with Crippen LogP contribution in [-0.2, 0) is 0 Å². The summed E-state index contributed by atoms with van der Waals surface area (Å²) in [6.07, 6.45) is -0.993. The molecular weight excluding hydrogens is 260 g/mol. The largest absolute Gasteiger partial charge is 0.507 e. The third kappa shape index (κ3) is 1.47. The summed E-state index contributed by atoms with van der Waals surface area (Å²) >= 11 is 0. The average molecular weight is 272 g/mol. The number of phenols is 1. The summed E-state index contributed by atoms with van der Waals surface area (Å²) in [6, 6.07) is 4.34. The Bertz CT molecular complexity index is 752. The first kappa shape index (κ1) is 12.6. The van der Waals surface area contributed by atoms with Crippen LogP contribution >= 0.6 is 0 Å². The predicted octanol–water partition coefficient (Wildman–Crippen LogP) is 2.12. The maximum atomic E-state index is 12.5. The van der Waals surface area contributed by atoms with Gasteiger partial charge in [0.25, 0.3) is 0 Å². The van der Waals surface area contributed by atoms with Gasteiger partial charge >= 0.3 is 0 Å². The predicted molar refractivity (Wildman–Crippen MR) is 69.1 cm³/mol. The van der Waals surface area contributed by atoms with Crippen LogP contribution in [0.3, 0.4) is 0 Å². The minimum absolute atomic E-state index is 0.00829. The first-order valence-corrected chi connectivity index (χ1v) is 6.16. The molecule has 1 aliphatic carbocycles. The molecule has 0 saturated heterocycles. The molecule has 0 spiro atoms. The first-order valence-electron chi connectivity index (χ1n) is 6.16. The number of rotatable bonds is 1. The molecule has 0 amide bonds. The van der Waals surface area contributed by atoms with E-state index < -0.39 is 17.7 Å². The molecule has 1 aliphatic rings. The van der Waals surface area contributed by atoms with Crippen molar-refractivity contribution in [1.29, 1.82) is 0 Å². The van der Waals surface area contributed by atoms with Crippen molar-refractivity contribution in [3.8, 4) is 5.75 Å². The van der Waals surface area contributed by atoms with E-state index in [1.807, 2.05) is 0 Å². The molecule has 0 fully saturated rings. The number of aliphatic hydroxyl groups is 1. The molecule has 0 bridgehead atoms. The van der Waals surface area contributed by atoms with E-state index in [0.29, 0.717) is 0 Å². The number of carbonyl (C=O) groups is 2. The fourth-order valence-electron chi connectivity index (χ4n) is 2.59. The molecule has 5 heteroatoms. The van der Waals surface area contributed by atoms with Crippen molar-refractivity contribution in [2.45, 2.75) is 20.0 Å². The highest BCUT2D eigenvalue weighted by Gasteiger charge is 2.38. The number of benzene rings is 1. The van der Waals surface area contributed by atoms with Crippen LogP contribution in [0, 0.1) is 6.92 Å². The van der Waals surface area contributed by atoms with E-state index in [4.69, 9.17) is 4.42 Å². The minimum atomic E-state index is -0.993. The van der Waals surface area contributed by atoms with Crippen molar-refractivity contribution in [2.24, 2.45) is 0 Å². The Morgan fingerprint density at radius 2 is 1.80 bits per heavy atom. The molecule has 0 aliphatic heterocycles. The van der Waals surface area contributed by atoms with Crippen molar-refractivity contribution in [1.82, 2.24) is 0 Å². The summed E-state index contributed by atoms with van der Waals surface area (Å²) in [4.78, 5) is 25.0. The molecule has 1 aromatic carbocycles. The van der Waals surface area contributed by atoms with E-state index in [9.17, 15) is 19.8 Å². The molecule has 0 saturated carbocycles. The number of hydrogen-bond donors (Lipinski definition) is 2. The second-order valence-corrected chi connectivity index (χ2v) is 4.81. The number of ketones is 2. The molecule has 5 nitrogen and oxygen atoms in total. The number of aryl methyl sites for hydroxylation is 1. The Labute approximate surface area is 114 Å². The van der Waals surface area contributed by atoms with E-state index in [-0.39, 0.29) is 39.5 Å². The van der Waals surface area contributed by atoms with Crippen LogP contribution in [-0.4, -0.2) is 21.8 Å². The van der Waals surface area contributed by atoms with Crippen molar-refractivity contribution >= 4 is 11.6 Å². The summed E-state index contributed by atoms with van der Waals surface area (Å²) in [6.45, 7) is 3.02.